The zero-order valence-corrected chi connectivity index (χ0v) is 12.1. The molecule has 104 valence electrons. The monoisotopic (exact) mass is 258 g/mol. The summed E-state index contributed by atoms with van der Waals surface area (Å²) in [6.07, 6.45) is 11.4. The lowest BCUT2D eigenvalue weighted by atomic mass is 9.85. The summed E-state index contributed by atoms with van der Waals surface area (Å²) in [5.74, 6) is 1.54. The van der Waals surface area contributed by atoms with Crippen LogP contribution in [-0.2, 0) is 6.42 Å². The van der Waals surface area contributed by atoms with E-state index in [2.05, 4.69) is 24.4 Å². The smallest absolute Gasteiger partial charge is 0.0482 e. The van der Waals surface area contributed by atoms with Crippen molar-refractivity contribution in [3.05, 3.63) is 29.6 Å². The second-order valence-corrected chi connectivity index (χ2v) is 6.22. The number of hydrogen-bond donors (Lipinski definition) is 1. The lowest BCUT2D eigenvalue weighted by molar-refractivity contribution is 0.305. The molecular formula is C17H26N2. The van der Waals surface area contributed by atoms with E-state index in [1.807, 2.05) is 6.20 Å². The van der Waals surface area contributed by atoms with Gasteiger partial charge in [-0.3, -0.25) is 4.98 Å². The fourth-order valence-electron chi connectivity index (χ4n) is 4.06. The van der Waals surface area contributed by atoms with E-state index in [0.717, 1.165) is 12.5 Å². The summed E-state index contributed by atoms with van der Waals surface area (Å²) in [5.41, 5.74) is 2.89. The van der Waals surface area contributed by atoms with Gasteiger partial charge >= 0.3 is 0 Å². The van der Waals surface area contributed by atoms with E-state index in [1.54, 1.807) is 0 Å². The highest BCUT2D eigenvalue weighted by atomic mass is 14.9. The predicted molar refractivity (Wildman–Crippen MR) is 79.3 cm³/mol. The summed E-state index contributed by atoms with van der Waals surface area (Å²) in [7, 11) is 0. The third kappa shape index (κ3) is 2.69. The summed E-state index contributed by atoms with van der Waals surface area (Å²) in [5, 5.41) is 3.85. The van der Waals surface area contributed by atoms with E-state index >= 15 is 0 Å². The third-order valence-electron chi connectivity index (χ3n) is 4.97. The van der Waals surface area contributed by atoms with Gasteiger partial charge in [0.1, 0.15) is 0 Å². The molecule has 2 aliphatic carbocycles. The van der Waals surface area contributed by atoms with Gasteiger partial charge in [-0.2, -0.15) is 0 Å². The first-order valence-electron chi connectivity index (χ1n) is 8.07. The maximum atomic E-state index is 4.70. The van der Waals surface area contributed by atoms with Crippen molar-refractivity contribution in [1.29, 1.82) is 0 Å². The van der Waals surface area contributed by atoms with E-state index in [-0.39, 0.29) is 0 Å². The highest BCUT2D eigenvalue weighted by molar-refractivity contribution is 5.30. The molecule has 2 atom stereocenters. The summed E-state index contributed by atoms with van der Waals surface area (Å²) >= 11 is 0. The standard InChI is InChI=1S/C17H26N2/c1-2-11-18-16(13-6-3-4-7-13)15-10-9-14-8-5-12-19-17(14)15/h5,8,12-13,15-16,18H,2-4,6-7,9-11H2,1H3. The largest absolute Gasteiger partial charge is 0.313 e. The van der Waals surface area contributed by atoms with Gasteiger partial charge in [0.2, 0.25) is 0 Å². The highest BCUT2D eigenvalue weighted by Crippen LogP contribution is 2.40. The minimum Gasteiger partial charge on any atom is -0.313 e. The molecule has 1 aromatic heterocycles. The van der Waals surface area contributed by atoms with Crippen molar-refractivity contribution in [3.8, 4) is 0 Å². The quantitative estimate of drug-likeness (QED) is 0.871. The Hall–Kier alpha value is -0.890. The van der Waals surface area contributed by atoms with Crippen molar-refractivity contribution in [3.63, 3.8) is 0 Å². The lowest BCUT2D eigenvalue weighted by Crippen LogP contribution is -2.40. The van der Waals surface area contributed by atoms with Gasteiger partial charge in [-0.05, 0) is 56.2 Å². The van der Waals surface area contributed by atoms with Crippen LogP contribution >= 0.6 is 0 Å². The first-order valence-corrected chi connectivity index (χ1v) is 8.07. The minimum atomic E-state index is 0.658. The second-order valence-electron chi connectivity index (χ2n) is 6.22. The molecule has 0 aromatic carbocycles. The number of pyridine rings is 1. The van der Waals surface area contributed by atoms with Gasteiger partial charge in [-0.15, -0.1) is 0 Å². The Kier molecular flexibility index (Phi) is 4.17. The van der Waals surface area contributed by atoms with Crippen LogP contribution in [0, 0.1) is 5.92 Å². The molecule has 3 rings (SSSR count). The first-order chi connectivity index (χ1) is 9.40. The molecule has 1 fully saturated rings. The fourth-order valence-corrected chi connectivity index (χ4v) is 4.06. The molecule has 19 heavy (non-hydrogen) atoms. The van der Waals surface area contributed by atoms with Crippen LogP contribution in [0.15, 0.2) is 18.3 Å². The number of aryl methyl sites for hydroxylation is 1. The highest BCUT2D eigenvalue weighted by Gasteiger charge is 2.36. The van der Waals surface area contributed by atoms with Crippen LogP contribution in [-0.4, -0.2) is 17.6 Å². The Bertz CT molecular complexity index is 409. The predicted octanol–water partition coefficient (Wildman–Crippen LogP) is 3.67. The van der Waals surface area contributed by atoms with Crippen molar-refractivity contribution in [1.82, 2.24) is 10.3 Å². The zero-order valence-electron chi connectivity index (χ0n) is 12.1. The molecule has 0 aliphatic heterocycles. The van der Waals surface area contributed by atoms with Crippen LogP contribution in [0.4, 0.5) is 0 Å². The molecule has 0 bridgehead atoms. The van der Waals surface area contributed by atoms with Gasteiger partial charge in [-0.1, -0.05) is 25.8 Å². The Morgan fingerprint density at radius 3 is 2.95 bits per heavy atom. The average molecular weight is 258 g/mol. The molecule has 2 aliphatic rings. The summed E-state index contributed by atoms with van der Waals surface area (Å²) < 4.78 is 0. The minimum absolute atomic E-state index is 0.658. The van der Waals surface area contributed by atoms with Crippen LogP contribution < -0.4 is 5.32 Å². The first kappa shape index (κ1) is 13.1. The number of nitrogens with zero attached hydrogens (tertiary/aromatic N) is 1. The third-order valence-corrected chi connectivity index (χ3v) is 4.97. The van der Waals surface area contributed by atoms with Crippen molar-refractivity contribution in [2.24, 2.45) is 5.92 Å². The molecule has 1 aromatic rings. The van der Waals surface area contributed by atoms with E-state index in [9.17, 15) is 0 Å². The normalized spacial score (nSPS) is 24.6. The van der Waals surface area contributed by atoms with E-state index in [0.29, 0.717) is 12.0 Å². The summed E-state index contributed by atoms with van der Waals surface area (Å²) in [6.45, 7) is 3.42. The van der Waals surface area contributed by atoms with E-state index < -0.39 is 0 Å². The van der Waals surface area contributed by atoms with Gasteiger partial charge in [-0.25, -0.2) is 0 Å². The van der Waals surface area contributed by atoms with Crippen molar-refractivity contribution in [2.45, 2.75) is 63.8 Å². The van der Waals surface area contributed by atoms with E-state index in [4.69, 9.17) is 4.98 Å². The van der Waals surface area contributed by atoms with Gasteiger partial charge in [0.15, 0.2) is 0 Å². The summed E-state index contributed by atoms with van der Waals surface area (Å²) in [4.78, 5) is 4.70. The van der Waals surface area contributed by atoms with Gasteiger partial charge < -0.3 is 5.32 Å². The maximum absolute atomic E-state index is 4.70. The van der Waals surface area contributed by atoms with Gasteiger partial charge in [0.05, 0.1) is 0 Å². The van der Waals surface area contributed by atoms with Crippen LogP contribution in [0.25, 0.3) is 0 Å². The molecule has 2 nitrogen and oxygen atoms in total. The molecule has 1 saturated carbocycles. The Morgan fingerprint density at radius 1 is 1.32 bits per heavy atom. The van der Waals surface area contributed by atoms with Crippen LogP contribution in [0.2, 0.25) is 0 Å². The summed E-state index contributed by atoms with van der Waals surface area (Å²) in [6, 6.07) is 5.03. The molecular weight excluding hydrogens is 232 g/mol. The maximum Gasteiger partial charge on any atom is 0.0482 e. The lowest BCUT2D eigenvalue weighted by Gasteiger charge is -2.30. The SMILES string of the molecule is CCCNC(C1CCCC1)C1CCc2cccnc21. The number of hydrogen-bond acceptors (Lipinski definition) is 2. The number of rotatable bonds is 5. The Labute approximate surface area is 117 Å². The van der Waals surface area contributed by atoms with E-state index in [1.165, 1.54) is 56.2 Å². The number of fused-ring (bicyclic) bond motifs is 1. The average Bonchev–Trinajstić information content (AvgIpc) is 3.09. The molecule has 1 heterocycles. The number of aromatic nitrogens is 1. The molecule has 2 heteroatoms. The molecule has 0 radical (unpaired) electrons. The van der Waals surface area contributed by atoms with Crippen molar-refractivity contribution < 1.29 is 0 Å². The molecule has 1 N–H and O–H groups in total. The second kappa shape index (κ2) is 6.04. The molecule has 0 amide bonds. The molecule has 0 saturated heterocycles. The van der Waals surface area contributed by atoms with Gasteiger partial charge in [0.25, 0.3) is 0 Å². The molecule has 0 spiro atoms. The van der Waals surface area contributed by atoms with Crippen LogP contribution in [0.3, 0.4) is 0 Å². The van der Waals surface area contributed by atoms with Crippen molar-refractivity contribution in [2.75, 3.05) is 6.54 Å². The van der Waals surface area contributed by atoms with Crippen molar-refractivity contribution >= 4 is 0 Å². The molecule has 2 unspecified atom stereocenters. The van der Waals surface area contributed by atoms with Crippen LogP contribution in [0.1, 0.15) is 62.6 Å². The zero-order chi connectivity index (χ0) is 13.1. The van der Waals surface area contributed by atoms with Gasteiger partial charge in [0, 0.05) is 23.9 Å². The Balaban J connectivity index is 1.79. The fraction of sp³-hybridized carbons (Fsp3) is 0.706. The Morgan fingerprint density at radius 2 is 2.16 bits per heavy atom. The topological polar surface area (TPSA) is 24.9 Å². The number of nitrogens with one attached hydrogen (secondary N) is 1. The van der Waals surface area contributed by atoms with Crippen LogP contribution in [0.5, 0.6) is 0 Å².